The third kappa shape index (κ3) is 3.43. The molecule has 0 aromatic heterocycles. The van der Waals surface area contributed by atoms with Crippen LogP contribution in [0.3, 0.4) is 0 Å². The number of aliphatic hydroxyl groups is 1. The summed E-state index contributed by atoms with van der Waals surface area (Å²) in [7, 11) is 0. The van der Waals surface area contributed by atoms with Gasteiger partial charge in [0.2, 0.25) is 11.8 Å². The molecule has 0 spiro atoms. The van der Waals surface area contributed by atoms with Crippen molar-refractivity contribution in [3.05, 3.63) is 65.2 Å². The number of rotatable bonds is 3. The molecule has 31 heavy (non-hydrogen) atoms. The Morgan fingerprint density at radius 3 is 2.77 bits per heavy atom. The minimum atomic E-state index is -0.978. The van der Waals surface area contributed by atoms with Crippen LogP contribution in [0.5, 0.6) is 5.75 Å². The first-order valence-corrected chi connectivity index (χ1v) is 10.4. The molecule has 7 heteroatoms. The van der Waals surface area contributed by atoms with Crippen LogP contribution in [0.15, 0.2) is 53.6 Å². The SMILES string of the molecule is CC1(C)Oc2ccc(C#N)cc2[C@@H](OC2=NN(Cc3ccccc3)C(=O)[C@H]3C[C@@H]23)[C@@H]1O. The van der Waals surface area contributed by atoms with E-state index in [0.29, 0.717) is 35.7 Å². The molecule has 7 nitrogen and oxygen atoms in total. The molecular weight excluding hydrogens is 394 g/mol. The number of nitrogens with zero attached hydrogens (tertiary/aromatic N) is 3. The summed E-state index contributed by atoms with van der Waals surface area (Å²) >= 11 is 0. The number of hydrogen-bond donors (Lipinski definition) is 1. The molecule has 1 amide bonds. The second kappa shape index (κ2) is 7.10. The van der Waals surface area contributed by atoms with Gasteiger partial charge in [-0.3, -0.25) is 4.79 Å². The number of benzene rings is 2. The molecule has 5 rings (SSSR count). The summed E-state index contributed by atoms with van der Waals surface area (Å²) in [5, 5.41) is 26.3. The molecule has 4 atom stereocenters. The van der Waals surface area contributed by atoms with Crippen LogP contribution in [-0.2, 0) is 16.1 Å². The fraction of sp³-hybridized carbons (Fsp3) is 0.375. The predicted octanol–water partition coefficient (Wildman–Crippen LogP) is 3.14. The monoisotopic (exact) mass is 417 g/mol. The Hall–Kier alpha value is -3.37. The molecule has 1 aliphatic carbocycles. The summed E-state index contributed by atoms with van der Waals surface area (Å²) in [6.07, 6.45) is -1.04. The van der Waals surface area contributed by atoms with E-state index in [2.05, 4.69) is 11.2 Å². The van der Waals surface area contributed by atoms with Crippen LogP contribution in [0.2, 0.25) is 0 Å². The maximum Gasteiger partial charge on any atom is 0.247 e. The third-order valence-corrected chi connectivity index (χ3v) is 6.14. The van der Waals surface area contributed by atoms with Gasteiger partial charge < -0.3 is 14.6 Å². The lowest BCUT2D eigenvalue weighted by molar-refractivity contribution is -0.135. The molecule has 158 valence electrons. The highest BCUT2D eigenvalue weighted by atomic mass is 16.5. The Kier molecular flexibility index (Phi) is 4.49. The lowest BCUT2D eigenvalue weighted by atomic mass is 9.87. The van der Waals surface area contributed by atoms with Gasteiger partial charge in [0.05, 0.1) is 24.1 Å². The molecule has 3 aliphatic rings. The highest BCUT2D eigenvalue weighted by Crippen LogP contribution is 2.48. The average Bonchev–Trinajstić information content (AvgIpc) is 3.56. The van der Waals surface area contributed by atoms with E-state index in [1.807, 2.05) is 30.3 Å². The Bertz CT molecular complexity index is 1110. The van der Waals surface area contributed by atoms with Crippen molar-refractivity contribution in [3.8, 4) is 11.8 Å². The minimum absolute atomic E-state index is 0.00113. The Morgan fingerprint density at radius 1 is 1.26 bits per heavy atom. The van der Waals surface area contributed by atoms with E-state index in [4.69, 9.17) is 9.47 Å². The van der Waals surface area contributed by atoms with Crippen molar-refractivity contribution in [2.45, 2.75) is 44.6 Å². The van der Waals surface area contributed by atoms with Gasteiger partial charge in [-0.25, -0.2) is 5.01 Å². The topological polar surface area (TPSA) is 95.2 Å². The Morgan fingerprint density at radius 2 is 2.03 bits per heavy atom. The zero-order valence-corrected chi connectivity index (χ0v) is 17.4. The van der Waals surface area contributed by atoms with Crippen LogP contribution in [0.1, 0.15) is 43.1 Å². The first-order valence-electron chi connectivity index (χ1n) is 10.4. The number of carbonyl (C=O) groups excluding carboxylic acids is 1. The van der Waals surface area contributed by atoms with Crippen LogP contribution in [-0.4, -0.2) is 33.6 Å². The van der Waals surface area contributed by atoms with Gasteiger partial charge in [-0.05, 0) is 44.0 Å². The van der Waals surface area contributed by atoms with Crippen molar-refractivity contribution < 1.29 is 19.4 Å². The van der Waals surface area contributed by atoms with Crippen molar-refractivity contribution in [1.29, 1.82) is 5.26 Å². The van der Waals surface area contributed by atoms with Crippen molar-refractivity contribution in [2.75, 3.05) is 0 Å². The van der Waals surface area contributed by atoms with Crippen LogP contribution < -0.4 is 4.74 Å². The van der Waals surface area contributed by atoms with E-state index in [9.17, 15) is 15.2 Å². The average molecular weight is 417 g/mol. The van der Waals surface area contributed by atoms with E-state index in [1.54, 1.807) is 32.0 Å². The number of carbonyl (C=O) groups is 1. The van der Waals surface area contributed by atoms with Gasteiger partial charge in [-0.1, -0.05) is 30.3 Å². The van der Waals surface area contributed by atoms with E-state index in [-0.39, 0.29) is 17.7 Å². The van der Waals surface area contributed by atoms with E-state index in [1.165, 1.54) is 5.01 Å². The van der Waals surface area contributed by atoms with Gasteiger partial charge >= 0.3 is 0 Å². The molecule has 2 aromatic carbocycles. The molecule has 0 radical (unpaired) electrons. The number of ether oxygens (including phenoxy) is 2. The lowest BCUT2D eigenvalue weighted by Gasteiger charge is -2.42. The van der Waals surface area contributed by atoms with Crippen LogP contribution in [0.4, 0.5) is 0 Å². The molecule has 0 saturated heterocycles. The van der Waals surface area contributed by atoms with Crippen molar-refractivity contribution in [3.63, 3.8) is 0 Å². The molecule has 2 heterocycles. The van der Waals surface area contributed by atoms with Gasteiger partial charge in [-0.15, -0.1) is 5.10 Å². The van der Waals surface area contributed by atoms with Gasteiger partial charge in [-0.2, -0.15) is 5.26 Å². The molecule has 2 aliphatic heterocycles. The van der Waals surface area contributed by atoms with E-state index in [0.717, 1.165) is 5.56 Å². The molecule has 1 fully saturated rings. The summed E-state index contributed by atoms with van der Waals surface area (Å²) in [6.45, 7) is 3.96. The molecule has 1 N–H and O–H groups in total. The van der Waals surface area contributed by atoms with Gasteiger partial charge in [0.15, 0.2) is 6.10 Å². The minimum Gasteiger partial charge on any atom is -0.485 e. The van der Waals surface area contributed by atoms with Crippen LogP contribution in [0, 0.1) is 23.2 Å². The highest BCUT2D eigenvalue weighted by Gasteiger charge is 2.55. The smallest absolute Gasteiger partial charge is 0.247 e. The largest absolute Gasteiger partial charge is 0.485 e. The number of aliphatic hydroxyl groups excluding tert-OH is 1. The van der Waals surface area contributed by atoms with E-state index >= 15 is 0 Å². The maximum atomic E-state index is 12.7. The first kappa shape index (κ1) is 19.6. The van der Waals surface area contributed by atoms with E-state index < -0.39 is 17.8 Å². The maximum absolute atomic E-state index is 12.7. The van der Waals surface area contributed by atoms with Gasteiger partial charge in [0.25, 0.3) is 0 Å². The zero-order valence-electron chi connectivity index (χ0n) is 17.4. The number of nitriles is 1. The fourth-order valence-electron chi connectivity index (χ4n) is 4.22. The summed E-state index contributed by atoms with van der Waals surface area (Å²) in [5.41, 5.74) is 1.16. The van der Waals surface area contributed by atoms with Crippen LogP contribution in [0.25, 0.3) is 0 Å². The standard InChI is InChI=1S/C24H23N3O4/c1-24(2)21(28)20(18-10-15(12-25)8-9-19(18)31-24)30-22-16-11-17(16)23(29)27(26-22)13-14-6-4-3-5-7-14/h3-10,16-17,20-21,28H,11,13H2,1-2H3/t16-,17+,20-,21+/m1/s1. The Balaban J connectivity index is 1.47. The number of hydrogen-bond acceptors (Lipinski definition) is 6. The first-order chi connectivity index (χ1) is 14.9. The van der Waals surface area contributed by atoms with Crippen LogP contribution >= 0.6 is 0 Å². The second-order valence-electron chi connectivity index (χ2n) is 8.82. The quantitative estimate of drug-likeness (QED) is 0.828. The Labute approximate surface area is 180 Å². The van der Waals surface area contributed by atoms with Crippen molar-refractivity contribution >= 4 is 11.8 Å². The van der Waals surface area contributed by atoms with Gasteiger partial charge in [0.1, 0.15) is 17.5 Å². The lowest BCUT2D eigenvalue weighted by Crippen LogP contribution is -2.50. The second-order valence-corrected chi connectivity index (χ2v) is 8.82. The third-order valence-electron chi connectivity index (χ3n) is 6.14. The van der Waals surface area contributed by atoms with Crippen molar-refractivity contribution in [1.82, 2.24) is 5.01 Å². The van der Waals surface area contributed by atoms with Gasteiger partial charge in [0, 0.05) is 11.5 Å². The normalized spacial score (nSPS) is 27.9. The zero-order chi connectivity index (χ0) is 21.8. The number of amides is 1. The molecule has 0 bridgehead atoms. The predicted molar refractivity (Wildman–Crippen MR) is 112 cm³/mol. The summed E-state index contributed by atoms with van der Waals surface area (Å²) in [4.78, 5) is 12.7. The van der Waals surface area contributed by atoms with Crippen molar-refractivity contribution in [2.24, 2.45) is 16.9 Å². The number of fused-ring (bicyclic) bond motifs is 2. The summed E-state index contributed by atoms with van der Waals surface area (Å²) in [6, 6.07) is 16.9. The molecule has 0 unspecified atom stereocenters. The number of hydrazone groups is 1. The fourth-order valence-corrected chi connectivity index (χ4v) is 4.22. The summed E-state index contributed by atoms with van der Waals surface area (Å²) < 4.78 is 12.3. The molecule has 1 saturated carbocycles. The summed E-state index contributed by atoms with van der Waals surface area (Å²) in [5.74, 6) is 0.823. The molecular formula is C24H23N3O4. The molecule has 2 aromatic rings. The highest BCUT2D eigenvalue weighted by molar-refractivity contribution is 5.96.